The number of nitrogens with zero attached hydrogens (tertiary/aromatic N) is 1. The van der Waals surface area contributed by atoms with E-state index in [0.29, 0.717) is 5.92 Å². The Hall–Kier alpha value is -0.890. The van der Waals surface area contributed by atoms with Crippen LogP contribution in [0.4, 0.5) is 0 Å². The predicted octanol–water partition coefficient (Wildman–Crippen LogP) is 1.98. The Morgan fingerprint density at radius 2 is 2.14 bits per heavy atom. The fourth-order valence-electron chi connectivity index (χ4n) is 2.32. The van der Waals surface area contributed by atoms with E-state index in [2.05, 4.69) is 17.1 Å². The summed E-state index contributed by atoms with van der Waals surface area (Å²) in [5, 5.41) is 0. The lowest BCUT2D eigenvalue weighted by molar-refractivity contribution is 0.612. The fraction of sp³-hybridized carbons (Fsp3) is 0.583. The van der Waals surface area contributed by atoms with Gasteiger partial charge in [0, 0.05) is 11.7 Å². The average Bonchev–Trinajstić information content (AvgIpc) is 2.95. The van der Waals surface area contributed by atoms with E-state index >= 15 is 0 Å². The number of aromatic nitrogens is 1. The van der Waals surface area contributed by atoms with Gasteiger partial charge in [-0.25, -0.2) is 0 Å². The van der Waals surface area contributed by atoms with Crippen molar-refractivity contribution in [1.29, 1.82) is 0 Å². The van der Waals surface area contributed by atoms with Gasteiger partial charge in [0.1, 0.15) is 0 Å². The Balaban J connectivity index is 1.91. The third kappa shape index (κ3) is 1.34. The van der Waals surface area contributed by atoms with Crippen molar-refractivity contribution >= 4 is 0 Å². The minimum atomic E-state index is 0.195. The van der Waals surface area contributed by atoms with Crippen molar-refractivity contribution in [3.05, 3.63) is 29.1 Å². The minimum Gasteiger partial charge on any atom is -0.322 e. The zero-order valence-electron chi connectivity index (χ0n) is 8.37. The van der Waals surface area contributed by atoms with Crippen LogP contribution in [0.5, 0.6) is 0 Å². The first-order valence-corrected chi connectivity index (χ1v) is 5.59. The standard InChI is InChI=1S/C12H16N2/c13-12(9-4-5-9)11-7-6-8-2-1-3-10(8)14-11/h6-7,9,12H,1-5,13H2. The molecule has 1 unspecified atom stereocenters. The summed E-state index contributed by atoms with van der Waals surface area (Å²) in [5.41, 5.74) is 10.00. The molecule has 2 N–H and O–H groups in total. The summed E-state index contributed by atoms with van der Waals surface area (Å²) in [6.45, 7) is 0. The van der Waals surface area contributed by atoms with Gasteiger partial charge in [-0.2, -0.15) is 0 Å². The molecule has 2 nitrogen and oxygen atoms in total. The molecule has 0 radical (unpaired) electrons. The van der Waals surface area contributed by atoms with Gasteiger partial charge >= 0.3 is 0 Å². The molecule has 0 amide bonds. The summed E-state index contributed by atoms with van der Waals surface area (Å²) < 4.78 is 0. The van der Waals surface area contributed by atoms with Crippen LogP contribution < -0.4 is 5.73 Å². The van der Waals surface area contributed by atoms with Crippen molar-refractivity contribution in [2.75, 3.05) is 0 Å². The largest absolute Gasteiger partial charge is 0.322 e. The van der Waals surface area contributed by atoms with Gasteiger partial charge in [0.25, 0.3) is 0 Å². The smallest absolute Gasteiger partial charge is 0.0577 e. The first kappa shape index (κ1) is 8.42. The molecule has 3 rings (SSSR count). The van der Waals surface area contributed by atoms with E-state index in [4.69, 9.17) is 5.73 Å². The molecule has 1 saturated carbocycles. The number of hydrogen-bond acceptors (Lipinski definition) is 2. The fourth-order valence-corrected chi connectivity index (χ4v) is 2.32. The van der Waals surface area contributed by atoms with Gasteiger partial charge in [0.05, 0.1) is 5.69 Å². The van der Waals surface area contributed by atoms with Crippen molar-refractivity contribution in [2.24, 2.45) is 11.7 Å². The highest BCUT2D eigenvalue weighted by molar-refractivity contribution is 5.28. The lowest BCUT2D eigenvalue weighted by Gasteiger charge is -2.10. The van der Waals surface area contributed by atoms with E-state index in [9.17, 15) is 0 Å². The van der Waals surface area contributed by atoms with Crippen LogP contribution in [0.1, 0.15) is 42.3 Å². The first-order chi connectivity index (χ1) is 6.84. The van der Waals surface area contributed by atoms with Gasteiger partial charge in [-0.3, -0.25) is 4.98 Å². The first-order valence-electron chi connectivity index (χ1n) is 5.59. The number of aryl methyl sites for hydroxylation is 2. The second kappa shape index (κ2) is 3.06. The molecule has 2 heteroatoms. The highest BCUT2D eigenvalue weighted by Crippen LogP contribution is 2.39. The van der Waals surface area contributed by atoms with Gasteiger partial charge < -0.3 is 5.73 Å². The Labute approximate surface area is 84.5 Å². The van der Waals surface area contributed by atoms with E-state index < -0.39 is 0 Å². The summed E-state index contributed by atoms with van der Waals surface area (Å²) in [5.74, 6) is 0.710. The van der Waals surface area contributed by atoms with Crippen molar-refractivity contribution in [3.8, 4) is 0 Å². The zero-order valence-corrected chi connectivity index (χ0v) is 8.37. The topological polar surface area (TPSA) is 38.9 Å². The Kier molecular flexibility index (Phi) is 1.84. The average molecular weight is 188 g/mol. The second-order valence-corrected chi connectivity index (χ2v) is 4.56. The Morgan fingerprint density at radius 3 is 2.93 bits per heavy atom. The third-order valence-corrected chi connectivity index (χ3v) is 3.42. The molecule has 0 aromatic carbocycles. The maximum atomic E-state index is 6.13. The van der Waals surface area contributed by atoms with Crippen LogP contribution in [0.3, 0.4) is 0 Å². The van der Waals surface area contributed by atoms with E-state index in [1.807, 2.05) is 0 Å². The van der Waals surface area contributed by atoms with Crippen molar-refractivity contribution in [3.63, 3.8) is 0 Å². The van der Waals surface area contributed by atoms with Crippen molar-refractivity contribution in [2.45, 2.75) is 38.1 Å². The molecule has 0 saturated heterocycles. The molecule has 1 heterocycles. The van der Waals surface area contributed by atoms with E-state index in [1.54, 1.807) is 0 Å². The van der Waals surface area contributed by atoms with Crippen LogP contribution in [0, 0.1) is 5.92 Å². The van der Waals surface area contributed by atoms with E-state index in [0.717, 1.165) is 12.1 Å². The van der Waals surface area contributed by atoms with E-state index in [-0.39, 0.29) is 6.04 Å². The number of rotatable bonds is 2. The molecule has 2 aliphatic carbocycles. The van der Waals surface area contributed by atoms with Crippen LogP contribution in [0.25, 0.3) is 0 Å². The van der Waals surface area contributed by atoms with Gasteiger partial charge in [-0.05, 0) is 49.7 Å². The number of fused-ring (bicyclic) bond motifs is 1. The highest BCUT2D eigenvalue weighted by atomic mass is 14.8. The van der Waals surface area contributed by atoms with Crippen LogP contribution in [0.15, 0.2) is 12.1 Å². The van der Waals surface area contributed by atoms with Gasteiger partial charge in [-0.1, -0.05) is 6.07 Å². The summed E-state index contributed by atoms with van der Waals surface area (Å²) in [4.78, 5) is 4.69. The van der Waals surface area contributed by atoms with Crippen molar-refractivity contribution in [1.82, 2.24) is 4.98 Å². The molecule has 0 spiro atoms. The third-order valence-electron chi connectivity index (χ3n) is 3.42. The van der Waals surface area contributed by atoms with Crippen LogP contribution >= 0.6 is 0 Å². The Morgan fingerprint density at radius 1 is 1.29 bits per heavy atom. The summed E-state index contributed by atoms with van der Waals surface area (Å²) in [7, 11) is 0. The second-order valence-electron chi connectivity index (χ2n) is 4.56. The molecule has 74 valence electrons. The molecule has 0 bridgehead atoms. The molecular weight excluding hydrogens is 172 g/mol. The lowest BCUT2D eigenvalue weighted by atomic mass is 10.1. The molecule has 14 heavy (non-hydrogen) atoms. The number of nitrogens with two attached hydrogens (primary N) is 1. The summed E-state index contributed by atoms with van der Waals surface area (Å²) in [6, 6.07) is 4.56. The monoisotopic (exact) mass is 188 g/mol. The van der Waals surface area contributed by atoms with Gasteiger partial charge in [0.2, 0.25) is 0 Å². The normalized spacial score (nSPS) is 22.1. The molecule has 2 aliphatic rings. The van der Waals surface area contributed by atoms with Crippen LogP contribution in [-0.4, -0.2) is 4.98 Å². The zero-order chi connectivity index (χ0) is 9.54. The van der Waals surface area contributed by atoms with E-state index in [1.165, 1.54) is 36.9 Å². The molecule has 1 aromatic heterocycles. The van der Waals surface area contributed by atoms with Gasteiger partial charge in [0.15, 0.2) is 0 Å². The van der Waals surface area contributed by atoms with Crippen LogP contribution in [0.2, 0.25) is 0 Å². The molecular formula is C12H16N2. The van der Waals surface area contributed by atoms with Crippen LogP contribution in [-0.2, 0) is 12.8 Å². The maximum absolute atomic E-state index is 6.13. The summed E-state index contributed by atoms with van der Waals surface area (Å²) >= 11 is 0. The number of pyridine rings is 1. The molecule has 1 fully saturated rings. The highest BCUT2D eigenvalue weighted by Gasteiger charge is 2.30. The predicted molar refractivity (Wildman–Crippen MR) is 55.9 cm³/mol. The SMILES string of the molecule is NC(c1ccc2c(n1)CCC2)C1CC1. The van der Waals surface area contributed by atoms with Crippen molar-refractivity contribution < 1.29 is 0 Å². The molecule has 1 aromatic rings. The minimum absolute atomic E-state index is 0.195. The molecule has 0 aliphatic heterocycles. The molecule has 1 atom stereocenters. The lowest BCUT2D eigenvalue weighted by Crippen LogP contribution is -2.14. The quantitative estimate of drug-likeness (QED) is 0.770. The maximum Gasteiger partial charge on any atom is 0.0577 e. The summed E-state index contributed by atoms with van der Waals surface area (Å²) in [6.07, 6.45) is 6.21. The van der Waals surface area contributed by atoms with Gasteiger partial charge in [-0.15, -0.1) is 0 Å². The number of hydrogen-bond donors (Lipinski definition) is 1. The Bertz CT molecular complexity index is 355.